The number of anilines is 1. The Morgan fingerprint density at radius 1 is 1.07 bits per heavy atom. The van der Waals surface area contributed by atoms with Gasteiger partial charge in [-0.05, 0) is 30.3 Å². The number of carbonyl (C=O) groups excluding carboxylic acids is 1. The molecule has 2 N–H and O–H groups in total. The average Bonchev–Trinajstić information content (AvgIpc) is 2.70. The van der Waals surface area contributed by atoms with Gasteiger partial charge >= 0.3 is 0 Å². The Hall–Kier alpha value is -3.18. The lowest BCUT2D eigenvalue weighted by molar-refractivity contribution is -0.679. The van der Waals surface area contributed by atoms with Crippen molar-refractivity contribution in [1.82, 2.24) is 0 Å². The Bertz CT molecular complexity index is 923. The van der Waals surface area contributed by atoms with Gasteiger partial charge in [0.1, 0.15) is 12.8 Å². The first-order chi connectivity index (χ1) is 13.1. The fraction of sp³-hybridized carbons (Fsp3) is 0.182. The van der Waals surface area contributed by atoms with E-state index in [9.17, 15) is 9.90 Å². The van der Waals surface area contributed by atoms with Crippen molar-refractivity contribution in [3.05, 3.63) is 89.7 Å². The van der Waals surface area contributed by atoms with Crippen LogP contribution in [-0.2, 0) is 13.5 Å². The molecule has 1 atom stereocenters. The molecule has 0 aliphatic carbocycles. The SMILES string of the molecule is COc1ccc(C(=O)Nc2ccccc2C(O)Cc2cccc[n+]2C)cc1. The molecule has 27 heavy (non-hydrogen) atoms. The van der Waals surface area contributed by atoms with E-state index in [1.54, 1.807) is 37.4 Å². The van der Waals surface area contributed by atoms with Crippen LogP contribution in [0.2, 0.25) is 0 Å². The van der Waals surface area contributed by atoms with Crippen molar-refractivity contribution >= 4 is 11.6 Å². The molecule has 0 saturated carbocycles. The summed E-state index contributed by atoms with van der Waals surface area (Å²) in [6.45, 7) is 0. The summed E-state index contributed by atoms with van der Waals surface area (Å²) >= 11 is 0. The molecule has 5 heteroatoms. The van der Waals surface area contributed by atoms with Crippen molar-refractivity contribution < 1.29 is 19.2 Å². The van der Waals surface area contributed by atoms with Gasteiger partial charge < -0.3 is 15.2 Å². The van der Waals surface area contributed by atoms with Gasteiger partial charge in [-0.1, -0.05) is 24.3 Å². The Balaban J connectivity index is 1.78. The van der Waals surface area contributed by atoms with Crippen LogP contribution in [0.4, 0.5) is 5.69 Å². The zero-order chi connectivity index (χ0) is 19.2. The van der Waals surface area contributed by atoms with Gasteiger partial charge in [0.15, 0.2) is 11.9 Å². The van der Waals surface area contributed by atoms with Crippen LogP contribution in [0.1, 0.15) is 27.7 Å². The third-order valence-corrected chi connectivity index (χ3v) is 4.49. The number of rotatable bonds is 6. The summed E-state index contributed by atoms with van der Waals surface area (Å²) in [7, 11) is 3.53. The van der Waals surface area contributed by atoms with Crippen molar-refractivity contribution in [2.75, 3.05) is 12.4 Å². The number of aromatic nitrogens is 1. The van der Waals surface area contributed by atoms with E-state index < -0.39 is 6.10 Å². The van der Waals surface area contributed by atoms with Gasteiger partial charge in [0, 0.05) is 28.9 Å². The smallest absolute Gasteiger partial charge is 0.255 e. The summed E-state index contributed by atoms with van der Waals surface area (Å²) in [6.07, 6.45) is 1.66. The van der Waals surface area contributed by atoms with Crippen LogP contribution in [-0.4, -0.2) is 18.1 Å². The second-order valence-corrected chi connectivity index (χ2v) is 6.29. The molecule has 1 unspecified atom stereocenters. The molecule has 0 fully saturated rings. The molecule has 1 heterocycles. The van der Waals surface area contributed by atoms with Crippen molar-refractivity contribution in [1.29, 1.82) is 0 Å². The number of carbonyl (C=O) groups is 1. The number of aliphatic hydroxyl groups excluding tert-OH is 1. The van der Waals surface area contributed by atoms with Crippen molar-refractivity contribution in [2.45, 2.75) is 12.5 Å². The monoisotopic (exact) mass is 363 g/mol. The molecule has 1 amide bonds. The number of benzene rings is 2. The number of pyridine rings is 1. The minimum atomic E-state index is -0.731. The minimum Gasteiger partial charge on any atom is -0.497 e. The predicted octanol–water partition coefficient (Wildman–Crippen LogP) is 3.05. The summed E-state index contributed by atoms with van der Waals surface area (Å²) in [4.78, 5) is 12.6. The summed E-state index contributed by atoms with van der Waals surface area (Å²) in [5, 5.41) is 13.6. The first kappa shape index (κ1) is 18.6. The quantitative estimate of drug-likeness (QED) is 0.662. The molecule has 3 aromatic rings. The van der Waals surface area contributed by atoms with Gasteiger partial charge in [0.05, 0.1) is 19.6 Å². The third-order valence-electron chi connectivity index (χ3n) is 4.49. The zero-order valence-corrected chi connectivity index (χ0v) is 15.4. The standard InChI is InChI=1S/C22H22N2O3/c1-24-14-6-5-7-17(24)15-21(25)19-8-3-4-9-20(19)23-22(26)16-10-12-18(27-2)13-11-16/h3-14,21,25H,15H2,1-2H3/p+1. The Morgan fingerprint density at radius 2 is 1.78 bits per heavy atom. The van der Waals surface area contributed by atoms with Crippen LogP contribution < -0.4 is 14.6 Å². The predicted molar refractivity (Wildman–Crippen MR) is 104 cm³/mol. The molecule has 0 bridgehead atoms. The number of aryl methyl sites for hydroxylation is 1. The fourth-order valence-corrected chi connectivity index (χ4v) is 2.92. The van der Waals surface area contributed by atoms with Crippen molar-refractivity contribution in [3.63, 3.8) is 0 Å². The normalized spacial score (nSPS) is 11.7. The van der Waals surface area contributed by atoms with E-state index in [1.807, 2.05) is 54.2 Å². The minimum absolute atomic E-state index is 0.234. The summed E-state index contributed by atoms with van der Waals surface area (Å²) in [5.41, 5.74) is 2.81. The van der Waals surface area contributed by atoms with E-state index >= 15 is 0 Å². The number of nitrogens with zero attached hydrogens (tertiary/aromatic N) is 1. The van der Waals surface area contributed by atoms with E-state index in [-0.39, 0.29) is 5.91 Å². The molecule has 1 aromatic heterocycles. The second-order valence-electron chi connectivity index (χ2n) is 6.29. The number of hydrogen-bond acceptors (Lipinski definition) is 3. The topological polar surface area (TPSA) is 62.4 Å². The molecule has 0 spiro atoms. The lowest BCUT2D eigenvalue weighted by Gasteiger charge is -2.15. The second kappa shape index (κ2) is 8.47. The van der Waals surface area contributed by atoms with Crippen LogP contribution in [0, 0.1) is 0 Å². The summed E-state index contributed by atoms with van der Waals surface area (Å²) in [6, 6.07) is 20.1. The lowest BCUT2D eigenvalue weighted by Crippen LogP contribution is -2.33. The molecule has 0 radical (unpaired) electrons. The number of aliphatic hydroxyl groups is 1. The van der Waals surface area contributed by atoms with Crippen LogP contribution in [0.15, 0.2) is 72.9 Å². The Morgan fingerprint density at radius 3 is 2.48 bits per heavy atom. The molecule has 0 saturated heterocycles. The van der Waals surface area contributed by atoms with Crippen LogP contribution in [0.3, 0.4) is 0 Å². The van der Waals surface area contributed by atoms with Gasteiger partial charge in [-0.25, -0.2) is 4.57 Å². The van der Waals surface area contributed by atoms with Gasteiger partial charge in [-0.15, -0.1) is 0 Å². The van der Waals surface area contributed by atoms with Crippen LogP contribution in [0.5, 0.6) is 5.75 Å². The van der Waals surface area contributed by atoms with Gasteiger partial charge in [-0.3, -0.25) is 4.79 Å². The van der Waals surface area contributed by atoms with Crippen LogP contribution >= 0.6 is 0 Å². The van der Waals surface area contributed by atoms with E-state index in [2.05, 4.69) is 5.32 Å². The molecule has 0 aliphatic rings. The molecular weight excluding hydrogens is 340 g/mol. The zero-order valence-electron chi connectivity index (χ0n) is 15.4. The maximum Gasteiger partial charge on any atom is 0.255 e. The molecular formula is C22H23N2O3+. The molecule has 3 rings (SSSR count). The summed E-state index contributed by atoms with van der Waals surface area (Å²) in [5.74, 6) is 0.459. The highest BCUT2D eigenvalue weighted by molar-refractivity contribution is 6.04. The van der Waals surface area contributed by atoms with E-state index in [0.717, 1.165) is 5.69 Å². The number of amides is 1. The largest absolute Gasteiger partial charge is 0.497 e. The van der Waals surface area contributed by atoms with E-state index in [1.165, 1.54) is 0 Å². The van der Waals surface area contributed by atoms with Gasteiger partial charge in [0.25, 0.3) is 5.91 Å². The highest BCUT2D eigenvalue weighted by Crippen LogP contribution is 2.25. The Labute approximate surface area is 158 Å². The molecule has 138 valence electrons. The number of hydrogen-bond donors (Lipinski definition) is 2. The summed E-state index contributed by atoms with van der Waals surface area (Å²) < 4.78 is 7.09. The molecule has 2 aromatic carbocycles. The van der Waals surface area contributed by atoms with E-state index in [0.29, 0.717) is 29.0 Å². The number of methoxy groups -OCH3 is 1. The van der Waals surface area contributed by atoms with Crippen molar-refractivity contribution in [3.8, 4) is 5.75 Å². The lowest BCUT2D eigenvalue weighted by atomic mass is 10.0. The first-order valence-corrected chi connectivity index (χ1v) is 8.74. The number of nitrogens with one attached hydrogen (secondary N) is 1. The number of ether oxygens (including phenoxy) is 1. The highest BCUT2D eigenvalue weighted by atomic mass is 16.5. The highest BCUT2D eigenvalue weighted by Gasteiger charge is 2.18. The van der Waals surface area contributed by atoms with Crippen LogP contribution in [0.25, 0.3) is 0 Å². The van der Waals surface area contributed by atoms with E-state index in [4.69, 9.17) is 4.74 Å². The third kappa shape index (κ3) is 4.51. The van der Waals surface area contributed by atoms with Gasteiger partial charge in [-0.2, -0.15) is 0 Å². The van der Waals surface area contributed by atoms with Crippen molar-refractivity contribution in [2.24, 2.45) is 7.05 Å². The molecule has 5 nitrogen and oxygen atoms in total. The Kier molecular flexibility index (Phi) is 5.84. The maximum atomic E-state index is 12.6. The van der Waals surface area contributed by atoms with Gasteiger partial charge in [0.2, 0.25) is 0 Å². The number of para-hydroxylation sites is 1. The maximum absolute atomic E-state index is 12.6. The molecule has 0 aliphatic heterocycles. The first-order valence-electron chi connectivity index (χ1n) is 8.74. The fourth-order valence-electron chi connectivity index (χ4n) is 2.92. The average molecular weight is 363 g/mol.